The molecule has 1 fully saturated rings. The minimum atomic E-state index is -1.27. The Morgan fingerprint density at radius 3 is 2.00 bits per heavy atom. The van der Waals surface area contributed by atoms with Gasteiger partial charge in [0, 0.05) is 0 Å². The van der Waals surface area contributed by atoms with Crippen LogP contribution >= 0.6 is 0 Å². The Balaban J connectivity index is 1.87. The first-order valence-electron chi connectivity index (χ1n) is 7.59. The van der Waals surface area contributed by atoms with E-state index in [1.165, 1.54) is 12.1 Å². The van der Waals surface area contributed by atoms with Gasteiger partial charge in [0.05, 0.1) is 5.92 Å². The number of urea groups is 1. The van der Waals surface area contributed by atoms with E-state index in [2.05, 4.69) is 0 Å². The van der Waals surface area contributed by atoms with Crippen molar-refractivity contribution in [2.45, 2.75) is 18.4 Å². The summed E-state index contributed by atoms with van der Waals surface area (Å²) in [5.41, 5.74) is 7.39. The molecular weight excluding hydrogens is 327 g/mol. The van der Waals surface area contributed by atoms with E-state index in [9.17, 15) is 23.9 Å². The highest BCUT2D eigenvalue weighted by Gasteiger charge is 2.46. The minimum Gasteiger partial charge on any atom is -0.480 e. The molecule has 1 saturated heterocycles. The fourth-order valence-corrected chi connectivity index (χ4v) is 3.05. The van der Waals surface area contributed by atoms with Crippen LogP contribution in [0.3, 0.4) is 0 Å². The third-order valence-electron chi connectivity index (χ3n) is 4.32. The third-order valence-corrected chi connectivity index (χ3v) is 4.32. The normalized spacial score (nSPS) is 19.9. The van der Waals surface area contributed by atoms with Crippen LogP contribution in [0, 0.1) is 5.82 Å². The van der Waals surface area contributed by atoms with Crippen molar-refractivity contribution in [3.05, 3.63) is 59.9 Å². The molecule has 0 radical (unpaired) electrons. The van der Waals surface area contributed by atoms with Crippen LogP contribution < -0.4 is 5.73 Å². The van der Waals surface area contributed by atoms with Crippen molar-refractivity contribution in [1.82, 2.24) is 4.90 Å². The van der Waals surface area contributed by atoms with E-state index in [-0.39, 0.29) is 12.2 Å². The molecule has 1 heterocycles. The average Bonchev–Trinajstić information content (AvgIpc) is 2.93. The molecule has 1 aliphatic rings. The summed E-state index contributed by atoms with van der Waals surface area (Å²) in [5.74, 6) is -2.95. The summed E-state index contributed by atoms with van der Waals surface area (Å²) >= 11 is 0. The summed E-state index contributed by atoms with van der Waals surface area (Å²) in [6, 6.07) is 10.6. The summed E-state index contributed by atoms with van der Waals surface area (Å²) in [6.07, 6.45) is -0.0208. The van der Waals surface area contributed by atoms with Gasteiger partial charge < -0.3 is 10.8 Å². The van der Waals surface area contributed by atoms with Crippen LogP contribution in [0.2, 0.25) is 0 Å². The van der Waals surface area contributed by atoms with Crippen molar-refractivity contribution in [3.63, 3.8) is 0 Å². The van der Waals surface area contributed by atoms with Crippen molar-refractivity contribution in [1.29, 1.82) is 0 Å². The van der Waals surface area contributed by atoms with E-state index in [1.807, 2.05) is 0 Å². The number of carboxylic acid groups (broad SMARTS) is 1. The number of amides is 3. The number of nitrogens with two attached hydrogens (primary N) is 1. The Labute approximate surface area is 142 Å². The molecule has 25 heavy (non-hydrogen) atoms. The van der Waals surface area contributed by atoms with Crippen LogP contribution in [0.1, 0.15) is 17.9 Å². The van der Waals surface area contributed by atoms with Gasteiger partial charge in [0.2, 0.25) is 5.91 Å². The molecule has 6 nitrogen and oxygen atoms in total. The lowest BCUT2D eigenvalue weighted by atomic mass is 9.93. The van der Waals surface area contributed by atoms with E-state index in [1.54, 1.807) is 36.4 Å². The number of benzene rings is 2. The summed E-state index contributed by atoms with van der Waals surface area (Å²) in [6.45, 7) is 0. The number of hydrogen-bond acceptors (Lipinski definition) is 3. The summed E-state index contributed by atoms with van der Waals surface area (Å²) in [5, 5.41) is 9.20. The maximum Gasteiger partial charge on any atom is 0.327 e. The molecule has 0 spiro atoms. The lowest BCUT2D eigenvalue weighted by Crippen LogP contribution is -2.46. The highest BCUT2D eigenvalue weighted by molar-refractivity contribution is 6.03. The van der Waals surface area contributed by atoms with Crippen LogP contribution in [0.25, 0.3) is 11.1 Å². The molecule has 2 aromatic carbocycles. The van der Waals surface area contributed by atoms with Crippen LogP contribution in [0.4, 0.5) is 9.18 Å². The number of primary amides is 1. The smallest absolute Gasteiger partial charge is 0.327 e. The lowest BCUT2D eigenvalue weighted by molar-refractivity contribution is -0.144. The lowest BCUT2D eigenvalue weighted by Gasteiger charge is -2.16. The number of imide groups is 1. The third kappa shape index (κ3) is 3.08. The molecule has 3 amide bonds. The molecule has 7 heteroatoms. The second kappa shape index (κ2) is 6.35. The summed E-state index contributed by atoms with van der Waals surface area (Å²) < 4.78 is 13.0. The summed E-state index contributed by atoms with van der Waals surface area (Å²) in [4.78, 5) is 35.6. The number of carboxylic acids is 1. The second-order valence-electron chi connectivity index (χ2n) is 5.82. The van der Waals surface area contributed by atoms with Crippen LogP contribution in [0.15, 0.2) is 48.5 Å². The van der Waals surface area contributed by atoms with Gasteiger partial charge in [0.1, 0.15) is 11.9 Å². The number of rotatable bonds is 3. The van der Waals surface area contributed by atoms with Gasteiger partial charge >= 0.3 is 12.0 Å². The first-order valence-corrected chi connectivity index (χ1v) is 7.59. The zero-order valence-electron chi connectivity index (χ0n) is 13.1. The van der Waals surface area contributed by atoms with Gasteiger partial charge in [-0.25, -0.2) is 18.9 Å². The van der Waals surface area contributed by atoms with E-state index in [4.69, 9.17) is 5.73 Å². The Bertz CT molecular complexity index is 833. The molecular formula is C18H15FN2O4. The van der Waals surface area contributed by atoms with E-state index in [0.717, 1.165) is 11.1 Å². The average molecular weight is 342 g/mol. The van der Waals surface area contributed by atoms with Crippen LogP contribution in [0.5, 0.6) is 0 Å². The highest BCUT2D eigenvalue weighted by atomic mass is 19.1. The first-order chi connectivity index (χ1) is 11.9. The van der Waals surface area contributed by atoms with Crippen molar-refractivity contribution in [2.75, 3.05) is 0 Å². The zero-order valence-corrected chi connectivity index (χ0v) is 13.1. The largest absolute Gasteiger partial charge is 0.480 e. The molecule has 128 valence electrons. The zero-order chi connectivity index (χ0) is 18.1. The van der Waals surface area contributed by atoms with Gasteiger partial charge in [-0.05, 0) is 35.2 Å². The maximum atomic E-state index is 13.0. The Hall–Kier alpha value is -3.22. The summed E-state index contributed by atoms with van der Waals surface area (Å²) in [7, 11) is 0. The van der Waals surface area contributed by atoms with E-state index >= 15 is 0 Å². The molecule has 3 N–H and O–H groups in total. The molecule has 2 aromatic rings. The fourth-order valence-electron chi connectivity index (χ4n) is 3.05. The molecule has 0 unspecified atom stereocenters. The van der Waals surface area contributed by atoms with Gasteiger partial charge in [0.15, 0.2) is 0 Å². The predicted octanol–water partition coefficient (Wildman–Crippen LogP) is 2.34. The molecule has 0 aromatic heterocycles. The molecule has 0 bridgehead atoms. The van der Waals surface area contributed by atoms with Crippen molar-refractivity contribution < 1.29 is 23.9 Å². The predicted molar refractivity (Wildman–Crippen MR) is 87.0 cm³/mol. The quantitative estimate of drug-likeness (QED) is 0.894. The second-order valence-corrected chi connectivity index (χ2v) is 5.82. The van der Waals surface area contributed by atoms with Gasteiger partial charge in [-0.2, -0.15) is 0 Å². The van der Waals surface area contributed by atoms with Gasteiger partial charge in [-0.3, -0.25) is 4.79 Å². The Morgan fingerprint density at radius 2 is 1.56 bits per heavy atom. The number of nitrogens with zero attached hydrogens (tertiary/aromatic N) is 1. The molecule has 0 aliphatic carbocycles. The SMILES string of the molecule is NC(=O)N1C(=O)[C@H](c2ccc(-c3ccc(F)cc3)cc2)C[C@@H]1C(=O)O. The number of halogens is 1. The highest BCUT2D eigenvalue weighted by Crippen LogP contribution is 2.34. The molecule has 0 saturated carbocycles. The number of aliphatic carboxylic acids is 1. The minimum absolute atomic E-state index is 0.0208. The van der Waals surface area contributed by atoms with Crippen molar-refractivity contribution in [3.8, 4) is 11.1 Å². The monoisotopic (exact) mass is 342 g/mol. The van der Waals surface area contributed by atoms with Crippen molar-refractivity contribution >= 4 is 17.9 Å². The Morgan fingerprint density at radius 1 is 1.04 bits per heavy atom. The van der Waals surface area contributed by atoms with Crippen LogP contribution in [-0.4, -0.2) is 34.0 Å². The Kier molecular flexibility index (Phi) is 4.22. The van der Waals surface area contributed by atoms with Gasteiger partial charge in [-0.15, -0.1) is 0 Å². The number of carbonyl (C=O) groups excluding carboxylic acids is 2. The number of carbonyl (C=O) groups is 3. The fraction of sp³-hybridized carbons (Fsp3) is 0.167. The first kappa shape index (κ1) is 16.6. The van der Waals surface area contributed by atoms with E-state index < -0.39 is 29.9 Å². The van der Waals surface area contributed by atoms with Gasteiger partial charge in [-0.1, -0.05) is 36.4 Å². The number of hydrogen-bond donors (Lipinski definition) is 2. The number of likely N-dealkylation sites (tertiary alicyclic amines) is 1. The van der Waals surface area contributed by atoms with Crippen molar-refractivity contribution in [2.24, 2.45) is 5.73 Å². The van der Waals surface area contributed by atoms with Crippen LogP contribution in [-0.2, 0) is 9.59 Å². The topological polar surface area (TPSA) is 101 Å². The standard InChI is InChI=1S/C18H15FN2O4/c19-13-7-5-11(6-8-13)10-1-3-12(4-2-10)14-9-15(17(23)24)21(16(14)22)18(20)25/h1-8,14-15H,9H2,(H2,20,25)(H,23,24)/t14-,15+/m0/s1. The maximum absolute atomic E-state index is 13.0. The molecule has 3 rings (SSSR count). The van der Waals surface area contributed by atoms with Gasteiger partial charge in [0.25, 0.3) is 0 Å². The molecule has 2 atom stereocenters. The van der Waals surface area contributed by atoms with E-state index in [0.29, 0.717) is 10.5 Å². The molecule has 1 aliphatic heterocycles.